The van der Waals surface area contributed by atoms with Crippen LogP contribution in [0.4, 0.5) is 5.82 Å². The number of rotatable bonds is 6. The standard InChI is InChI=1S/C22H24N6O/c1-4-16(3)28-20(12-15(2)25-28)24-21(29)14-27-19-10-6-5-9-18(19)22(26-27)17-8-7-11-23-13-17/h5-13,16H,4,14H2,1-3H3,(H,24,29). The average Bonchev–Trinajstić information content (AvgIpc) is 3.28. The van der Waals surface area contributed by atoms with Gasteiger partial charge in [0.1, 0.15) is 18.1 Å². The Balaban J connectivity index is 1.63. The molecule has 1 atom stereocenters. The van der Waals surface area contributed by atoms with Crippen molar-refractivity contribution < 1.29 is 4.79 Å². The van der Waals surface area contributed by atoms with Gasteiger partial charge in [-0.3, -0.25) is 14.5 Å². The highest BCUT2D eigenvalue weighted by Crippen LogP contribution is 2.27. The van der Waals surface area contributed by atoms with Crippen molar-refractivity contribution in [2.75, 3.05) is 5.32 Å². The van der Waals surface area contributed by atoms with Crippen LogP contribution >= 0.6 is 0 Å². The van der Waals surface area contributed by atoms with E-state index in [0.717, 1.165) is 34.3 Å². The van der Waals surface area contributed by atoms with Crippen LogP contribution < -0.4 is 5.32 Å². The Morgan fingerprint density at radius 1 is 1.17 bits per heavy atom. The third kappa shape index (κ3) is 3.76. The lowest BCUT2D eigenvalue weighted by Crippen LogP contribution is -2.22. The first-order valence-corrected chi connectivity index (χ1v) is 9.78. The van der Waals surface area contributed by atoms with E-state index in [0.29, 0.717) is 5.82 Å². The van der Waals surface area contributed by atoms with Crippen LogP contribution in [0.1, 0.15) is 32.0 Å². The van der Waals surface area contributed by atoms with Crippen LogP contribution in [0.15, 0.2) is 54.9 Å². The highest BCUT2D eigenvalue weighted by molar-refractivity contribution is 5.95. The van der Waals surface area contributed by atoms with E-state index in [-0.39, 0.29) is 18.5 Å². The number of pyridine rings is 1. The molecule has 1 aromatic carbocycles. The summed E-state index contributed by atoms with van der Waals surface area (Å²) in [5.74, 6) is 0.575. The average molecular weight is 388 g/mol. The van der Waals surface area contributed by atoms with Crippen molar-refractivity contribution in [3.63, 3.8) is 0 Å². The van der Waals surface area contributed by atoms with E-state index >= 15 is 0 Å². The zero-order valence-electron chi connectivity index (χ0n) is 16.8. The molecule has 148 valence electrons. The second kappa shape index (κ2) is 7.87. The summed E-state index contributed by atoms with van der Waals surface area (Å²) in [7, 11) is 0. The molecule has 0 saturated carbocycles. The molecule has 3 aromatic heterocycles. The second-order valence-electron chi connectivity index (χ2n) is 7.19. The number of amides is 1. The van der Waals surface area contributed by atoms with Gasteiger partial charge in [-0.2, -0.15) is 10.2 Å². The summed E-state index contributed by atoms with van der Waals surface area (Å²) in [5.41, 5.74) is 3.53. The Kier molecular flexibility index (Phi) is 5.12. The summed E-state index contributed by atoms with van der Waals surface area (Å²) < 4.78 is 3.61. The number of aryl methyl sites for hydroxylation is 1. The number of hydrogen-bond donors (Lipinski definition) is 1. The summed E-state index contributed by atoms with van der Waals surface area (Å²) in [5, 5.41) is 13.2. The van der Waals surface area contributed by atoms with Gasteiger partial charge in [0.05, 0.1) is 17.3 Å². The Morgan fingerprint density at radius 2 is 2.00 bits per heavy atom. The van der Waals surface area contributed by atoms with Gasteiger partial charge in [-0.25, -0.2) is 4.68 Å². The van der Waals surface area contributed by atoms with Crippen molar-refractivity contribution in [1.29, 1.82) is 0 Å². The number of carbonyl (C=O) groups is 1. The number of carbonyl (C=O) groups excluding carboxylic acids is 1. The molecular weight excluding hydrogens is 364 g/mol. The van der Waals surface area contributed by atoms with Crippen LogP contribution in [-0.4, -0.2) is 30.5 Å². The van der Waals surface area contributed by atoms with Crippen molar-refractivity contribution in [2.45, 2.75) is 39.8 Å². The molecule has 1 amide bonds. The van der Waals surface area contributed by atoms with E-state index < -0.39 is 0 Å². The fraction of sp³-hybridized carbons (Fsp3) is 0.273. The minimum absolute atomic E-state index is 0.117. The molecule has 7 nitrogen and oxygen atoms in total. The molecule has 4 aromatic rings. The monoisotopic (exact) mass is 388 g/mol. The molecule has 0 fully saturated rings. The maximum absolute atomic E-state index is 12.8. The molecule has 0 aliphatic rings. The fourth-order valence-corrected chi connectivity index (χ4v) is 3.40. The van der Waals surface area contributed by atoms with Crippen LogP contribution in [0.5, 0.6) is 0 Å². The first-order chi connectivity index (χ1) is 14.1. The number of anilines is 1. The Hall–Kier alpha value is -3.48. The lowest BCUT2D eigenvalue weighted by Gasteiger charge is -2.14. The summed E-state index contributed by atoms with van der Waals surface area (Å²) in [6.07, 6.45) is 4.45. The number of nitrogens with one attached hydrogen (secondary N) is 1. The van der Waals surface area contributed by atoms with Gasteiger partial charge >= 0.3 is 0 Å². The largest absolute Gasteiger partial charge is 0.309 e. The van der Waals surface area contributed by atoms with Gasteiger partial charge in [-0.05, 0) is 38.5 Å². The van der Waals surface area contributed by atoms with E-state index in [1.807, 2.05) is 54.1 Å². The van der Waals surface area contributed by atoms with Crippen LogP contribution in [0.3, 0.4) is 0 Å². The van der Waals surface area contributed by atoms with Gasteiger partial charge in [0, 0.05) is 29.4 Å². The minimum Gasteiger partial charge on any atom is -0.309 e. The lowest BCUT2D eigenvalue weighted by atomic mass is 10.1. The Morgan fingerprint density at radius 3 is 2.76 bits per heavy atom. The van der Waals surface area contributed by atoms with E-state index in [1.165, 1.54) is 0 Å². The highest BCUT2D eigenvalue weighted by Gasteiger charge is 2.17. The molecular formula is C22H24N6O. The van der Waals surface area contributed by atoms with Gasteiger partial charge in [0.25, 0.3) is 0 Å². The van der Waals surface area contributed by atoms with Crippen molar-refractivity contribution in [2.24, 2.45) is 0 Å². The summed E-state index contributed by atoms with van der Waals surface area (Å²) in [4.78, 5) is 17.0. The molecule has 0 saturated heterocycles. The molecule has 0 aliphatic heterocycles. The Bertz CT molecular complexity index is 1140. The topological polar surface area (TPSA) is 77.6 Å². The molecule has 0 radical (unpaired) electrons. The van der Waals surface area contributed by atoms with Gasteiger partial charge in [-0.15, -0.1) is 0 Å². The first kappa shape index (κ1) is 18.9. The van der Waals surface area contributed by atoms with E-state index in [4.69, 9.17) is 5.10 Å². The van der Waals surface area contributed by atoms with Crippen LogP contribution in [-0.2, 0) is 11.3 Å². The van der Waals surface area contributed by atoms with Crippen molar-refractivity contribution in [3.05, 3.63) is 60.6 Å². The lowest BCUT2D eigenvalue weighted by molar-refractivity contribution is -0.116. The predicted octanol–water partition coefficient (Wildman–Crippen LogP) is 4.21. The molecule has 3 heterocycles. The quantitative estimate of drug-likeness (QED) is 0.537. The molecule has 0 bridgehead atoms. The van der Waals surface area contributed by atoms with E-state index in [1.54, 1.807) is 17.1 Å². The van der Waals surface area contributed by atoms with Crippen LogP contribution in [0.2, 0.25) is 0 Å². The molecule has 0 aliphatic carbocycles. The SMILES string of the molecule is CCC(C)n1nc(C)cc1NC(=O)Cn1nc(-c2cccnc2)c2ccccc21. The summed E-state index contributed by atoms with van der Waals surface area (Å²) in [6.45, 7) is 6.23. The first-order valence-electron chi connectivity index (χ1n) is 9.78. The number of nitrogens with zero attached hydrogens (tertiary/aromatic N) is 5. The van der Waals surface area contributed by atoms with Crippen molar-refractivity contribution >= 4 is 22.6 Å². The predicted molar refractivity (Wildman–Crippen MR) is 114 cm³/mol. The molecule has 1 unspecified atom stereocenters. The van der Waals surface area contributed by atoms with E-state index in [9.17, 15) is 4.79 Å². The van der Waals surface area contributed by atoms with Gasteiger partial charge in [0.2, 0.25) is 5.91 Å². The minimum atomic E-state index is -0.138. The molecule has 29 heavy (non-hydrogen) atoms. The number of fused-ring (bicyclic) bond motifs is 1. The fourth-order valence-electron chi connectivity index (χ4n) is 3.40. The number of para-hydroxylation sites is 1. The van der Waals surface area contributed by atoms with Gasteiger partial charge in [-0.1, -0.05) is 25.1 Å². The third-order valence-corrected chi connectivity index (χ3v) is 5.02. The molecule has 7 heteroatoms. The summed E-state index contributed by atoms with van der Waals surface area (Å²) >= 11 is 0. The highest BCUT2D eigenvalue weighted by atomic mass is 16.2. The van der Waals surface area contributed by atoms with Crippen LogP contribution in [0, 0.1) is 6.92 Å². The molecule has 1 N–H and O–H groups in total. The van der Waals surface area contributed by atoms with Gasteiger partial charge in [0.15, 0.2) is 0 Å². The smallest absolute Gasteiger partial charge is 0.247 e. The van der Waals surface area contributed by atoms with Crippen molar-refractivity contribution in [1.82, 2.24) is 24.5 Å². The molecule has 0 spiro atoms. The number of benzene rings is 1. The number of hydrogen-bond acceptors (Lipinski definition) is 4. The zero-order valence-corrected chi connectivity index (χ0v) is 16.8. The summed E-state index contributed by atoms with van der Waals surface area (Å²) in [6, 6.07) is 13.9. The number of aromatic nitrogens is 5. The normalized spacial score (nSPS) is 12.2. The maximum Gasteiger partial charge on any atom is 0.247 e. The maximum atomic E-state index is 12.8. The van der Waals surface area contributed by atoms with E-state index in [2.05, 4.69) is 29.2 Å². The zero-order chi connectivity index (χ0) is 20.4. The van der Waals surface area contributed by atoms with Crippen molar-refractivity contribution in [3.8, 4) is 11.3 Å². The molecule has 4 rings (SSSR count). The Labute approximate surface area is 169 Å². The van der Waals surface area contributed by atoms with Gasteiger partial charge < -0.3 is 5.32 Å². The second-order valence-corrected chi connectivity index (χ2v) is 7.19. The van der Waals surface area contributed by atoms with Crippen LogP contribution in [0.25, 0.3) is 22.2 Å². The third-order valence-electron chi connectivity index (χ3n) is 5.02.